The number of aryl methyl sites for hydroxylation is 1. The summed E-state index contributed by atoms with van der Waals surface area (Å²) in [5.74, 6) is -0.734. The van der Waals surface area contributed by atoms with Gasteiger partial charge in [-0.05, 0) is 30.2 Å². The van der Waals surface area contributed by atoms with Crippen molar-refractivity contribution in [3.05, 3.63) is 58.0 Å². The highest BCUT2D eigenvalue weighted by Gasteiger charge is 2.11. The van der Waals surface area contributed by atoms with Gasteiger partial charge in [0.05, 0.1) is 0 Å². The number of ether oxygens (including phenoxy) is 1. The molecule has 0 atom stereocenters. The molecule has 0 saturated carbocycles. The van der Waals surface area contributed by atoms with Crippen LogP contribution in [0.3, 0.4) is 0 Å². The van der Waals surface area contributed by atoms with Crippen molar-refractivity contribution in [1.82, 2.24) is 15.5 Å². The summed E-state index contributed by atoms with van der Waals surface area (Å²) >= 11 is 0. The maximum atomic E-state index is 11.7. The van der Waals surface area contributed by atoms with Gasteiger partial charge in [0.1, 0.15) is 18.0 Å². The summed E-state index contributed by atoms with van der Waals surface area (Å²) < 4.78 is 5.13. The monoisotopic (exact) mass is 301 g/mol. The fourth-order valence-corrected chi connectivity index (χ4v) is 1.71. The predicted octanol–water partition coefficient (Wildman–Crippen LogP) is 0.668. The molecular weight excluding hydrogens is 286 g/mol. The van der Waals surface area contributed by atoms with E-state index in [1.165, 1.54) is 12.1 Å². The molecule has 0 aliphatic carbocycles. The number of carbonyl (C=O) groups excluding carboxylic acids is 2. The minimum absolute atomic E-state index is 0.0142. The molecule has 22 heavy (non-hydrogen) atoms. The van der Waals surface area contributed by atoms with E-state index >= 15 is 0 Å². The number of nitrogens with one attached hydrogen (secondary N) is 2. The maximum absolute atomic E-state index is 11.7. The lowest BCUT2D eigenvalue weighted by Gasteiger charge is -2.06. The number of hydrogen-bond donors (Lipinski definition) is 2. The SMILES string of the molecule is CCc1cccc(OC(=O)CNC(=O)c2ccc(=O)[nH]n2)c1. The van der Waals surface area contributed by atoms with Crippen LogP contribution in [-0.2, 0) is 11.2 Å². The zero-order chi connectivity index (χ0) is 15.9. The molecular formula is C15H15N3O4. The zero-order valence-electron chi connectivity index (χ0n) is 12.0. The summed E-state index contributed by atoms with van der Waals surface area (Å²) in [6.07, 6.45) is 0.833. The molecule has 2 N–H and O–H groups in total. The van der Waals surface area contributed by atoms with E-state index in [-0.39, 0.29) is 12.2 Å². The van der Waals surface area contributed by atoms with Gasteiger partial charge in [0.2, 0.25) is 0 Å². The summed E-state index contributed by atoms with van der Waals surface area (Å²) in [7, 11) is 0. The van der Waals surface area contributed by atoms with Gasteiger partial charge in [-0.2, -0.15) is 5.10 Å². The number of nitrogens with zero attached hydrogens (tertiary/aromatic N) is 1. The van der Waals surface area contributed by atoms with Crippen LogP contribution in [0.4, 0.5) is 0 Å². The number of amides is 1. The Balaban J connectivity index is 1.88. The minimum Gasteiger partial charge on any atom is -0.425 e. The van der Waals surface area contributed by atoms with E-state index in [1.807, 2.05) is 13.0 Å². The van der Waals surface area contributed by atoms with Gasteiger partial charge >= 0.3 is 5.97 Å². The number of aromatic amines is 1. The lowest BCUT2D eigenvalue weighted by Crippen LogP contribution is -2.32. The summed E-state index contributed by atoms with van der Waals surface area (Å²) in [5.41, 5.74) is 0.652. The van der Waals surface area contributed by atoms with E-state index in [2.05, 4.69) is 15.5 Å². The lowest BCUT2D eigenvalue weighted by molar-refractivity contribution is -0.133. The van der Waals surface area contributed by atoms with Crippen molar-refractivity contribution in [2.24, 2.45) is 0 Å². The molecule has 0 unspecified atom stereocenters. The maximum Gasteiger partial charge on any atom is 0.330 e. The Morgan fingerprint density at radius 3 is 2.77 bits per heavy atom. The molecule has 114 valence electrons. The highest BCUT2D eigenvalue weighted by molar-refractivity contribution is 5.94. The van der Waals surface area contributed by atoms with Gasteiger partial charge < -0.3 is 10.1 Å². The van der Waals surface area contributed by atoms with Crippen molar-refractivity contribution in [2.75, 3.05) is 6.54 Å². The number of carbonyl (C=O) groups is 2. The minimum atomic E-state index is -0.592. The number of benzene rings is 1. The standard InChI is InChI=1S/C15H15N3O4/c1-2-10-4-3-5-11(8-10)22-14(20)9-16-15(21)12-6-7-13(19)18-17-12/h3-8H,2,9H2,1H3,(H,16,21)(H,18,19). The number of hydrogen-bond acceptors (Lipinski definition) is 5. The van der Waals surface area contributed by atoms with E-state index in [1.54, 1.807) is 18.2 Å². The third-order valence-corrected chi connectivity index (χ3v) is 2.84. The molecule has 7 heteroatoms. The third kappa shape index (κ3) is 4.27. The number of H-pyrrole nitrogens is 1. The van der Waals surface area contributed by atoms with E-state index in [4.69, 9.17) is 4.74 Å². The fraction of sp³-hybridized carbons (Fsp3) is 0.200. The highest BCUT2D eigenvalue weighted by atomic mass is 16.5. The van der Waals surface area contributed by atoms with Gasteiger partial charge in [-0.3, -0.25) is 9.59 Å². The van der Waals surface area contributed by atoms with Crippen LogP contribution in [-0.4, -0.2) is 28.6 Å². The second-order valence-electron chi connectivity index (χ2n) is 4.46. The fourth-order valence-electron chi connectivity index (χ4n) is 1.71. The summed E-state index contributed by atoms with van der Waals surface area (Å²) in [6.45, 7) is 1.70. The van der Waals surface area contributed by atoms with Gasteiger partial charge in [-0.1, -0.05) is 19.1 Å². The predicted molar refractivity (Wildman–Crippen MR) is 78.6 cm³/mol. The molecule has 0 spiro atoms. The van der Waals surface area contributed by atoms with Crippen LogP contribution < -0.4 is 15.6 Å². The second kappa shape index (κ2) is 7.16. The molecule has 2 aromatic rings. The van der Waals surface area contributed by atoms with Crippen LogP contribution in [0.1, 0.15) is 23.0 Å². The van der Waals surface area contributed by atoms with Crippen molar-refractivity contribution >= 4 is 11.9 Å². The Labute approximate surface area is 126 Å². The van der Waals surface area contributed by atoms with Crippen LogP contribution in [0.25, 0.3) is 0 Å². The Morgan fingerprint density at radius 1 is 1.27 bits per heavy atom. The van der Waals surface area contributed by atoms with E-state index in [9.17, 15) is 14.4 Å². The molecule has 2 rings (SSSR count). The van der Waals surface area contributed by atoms with E-state index in [0.29, 0.717) is 5.75 Å². The van der Waals surface area contributed by atoms with E-state index in [0.717, 1.165) is 12.0 Å². The smallest absolute Gasteiger partial charge is 0.330 e. The largest absolute Gasteiger partial charge is 0.425 e. The topological polar surface area (TPSA) is 101 Å². The first-order valence-electron chi connectivity index (χ1n) is 6.72. The molecule has 1 amide bonds. The molecule has 0 radical (unpaired) electrons. The molecule has 0 fully saturated rings. The van der Waals surface area contributed by atoms with Crippen molar-refractivity contribution in [3.63, 3.8) is 0 Å². The molecule has 7 nitrogen and oxygen atoms in total. The molecule has 1 heterocycles. The van der Waals surface area contributed by atoms with Crippen molar-refractivity contribution in [1.29, 1.82) is 0 Å². The van der Waals surface area contributed by atoms with Crippen LogP contribution >= 0.6 is 0 Å². The highest BCUT2D eigenvalue weighted by Crippen LogP contribution is 2.13. The Bertz CT molecular complexity index is 719. The normalized spacial score (nSPS) is 10.0. The Morgan fingerprint density at radius 2 is 2.09 bits per heavy atom. The van der Waals surface area contributed by atoms with Crippen molar-refractivity contribution in [3.8, 4) is 5.75 Å². The van der Waals surface area contributed by atoms with Gasteiger partial charge in [0.25, 0.3) is 11.5 Å². The first-order valence-corrected chi connectivity index (χ1v) is 6.72. The lowest BCUT2D eigenvalue weighted by atomic mass is 10.2. The molecule has 0 aliphatic rings. The summed E-state index contributed by atoms with van der Waals surface area (Å²) in [4.78, 5) is 34.2. The van der Waals surface area contributed by atoms with Gasteiger partial charge in [-0.15, -0.1) is 0 Å². The van der Waals surface area contributed by atoms with Gasteiger partial charge in [-0.25, -0.2) is 9.89 Å². The molecule has 1 aromatic carbocycles. The average molecular weight is 301 g/mol. The number of rotatable bonds is 5. The third-order valence-electron chi connectivity index (χ3n) is 2.84. The number of esters is 1. The quantitative estimate of drug-likeness (QED) is 0.624. The summed E-state index contributed by atoms with van der Waals surface area (Å²) in [6, 6.07) is 9.61. The molecule has 0 bridgehead atoms. The zero-order valence-corrected chi connectivity index (χ0v) is 12.0. The van der Waals surface area contributed by atoms with E-state index < -0.39 is 17.4 Å². The number of aromatic nitrogens is 2. The first-order chi connectivity index (χ1) is 10.6. The average Bonchev–Trinajstić information content (AvgIpc) is 2.53. The van der Waals surface area contributed by atoms with Crippen LogP contribution in [0, 0.1) is 0 Å². The molecule has 0 aliphatic heterocycles. The molecule has 0 saturated heterocycles. The van der Waals surface area contributed by atoms with Gasteiger partial charge in [0, 0.05) is 6.07 Å². The Kier molecular flexibility index (Phi) is 5.02. The van der Waals surface area contributed by atoms with Crippen LogP contribution in [0.2, 0.25) is 0 Å². The van der Waals surface area contributed by atoms with Crippen LogP contribution in [0.15, 0.2) is 41.2 Å². The molecule has 1 aromatic heterocycles. The van der Waals surface area contributed by atoms with Crippen molar-refractivity contribution in [2.45, 2.75) is 13.3 Å². The first kappa shape index (κ1) is 15.4. The van der Waals surface area contributed by atoms with Gasteiger partial charge in [0.15, 0.2) is 0 Å². The summed E-state index contributed by atoms with van der Waals surface area (Å²) in [5, 5.41) is 8.07. The van der Waals surface area contributed by atoms with Crippen LogP contribution in [0.5, 0.6) is 5.75 Å². The second-order valence-corrected chi connectivity index (χ2v) is 4.46. The van der Waals surface area contributed by atoms with Crippen molar-refractivity contribution < 1.29 is 14.3 Å². The Hall–Kier alpha value is -2.96.